The molecule has 5 aliphatic rings. The van der Waals surface area contributed by atoms with E-state index in [4.69, 9.17) is 20.5 Å². The molecule has 69 heavy (non-hydrogen) atoms. The van der Waals surface area contributed by atoms with Crippen LogP contribution >= 0.6 is 0 Å². The van der Waals surface area contributed by atoms with E-state index < -0.39 is 11.9 Å². The molecule has 17 heteroatoms. The Hall–Kier alpha value is -4.36. The second-order valence-electron chi connectivity index (χ2n) is 17.6. The SMILES string of the molecule is C=CCCC(C(=O)NC)N1OCc2cc(F)c(N3CCC(N4CC(N5CCC(C)CC5)C4)CC3)cc2C1=O.C=N/C=C(/C=C\C)C(=NC(CCC)CCC)NC=O.CC.CN.OC1CCCC1.OO. The van der Waals surface area contributed by atoms with Gasteiger partial charge < -0.3 is 26.4 Å². The molecule has 4 aliphatic heterocycles. The number of amides is 3. The number of nitrogens with two attached hydrogens (primary N) is 1. The maximum absolute atomic E-state index is 15.2. The number of carbonyl (C=O) groups excluding carboxylic acids is 3. The van der Waals surface area contributed by atoms with Crippen LogP contribution in [0.3, 0.4) is 0 Å². The number of allylic oxidation sites excluding steroid dienone is 2. The zero-order chi connectivity index (χ0) is 51.7. The van der Waals surface area contributed by atoms with Gasteiger partial charge in [-0.25, -0.2) is 9.45 Å². The summed E-state index contributed by atoms with van der Waals surface area (Å²) in [7, 11) is 3.04. The molecule has 7 N–H and O–H groups in total. The van der Waals surface area contributed by atoms with Crippen molar-refractivity contribution in [2.45, 2.75) is 168 Å². The highest BCUT2D eigenvalue weighted by Crippen LogP contribution is 2.33. The van der Waals surface area contributed by atoms with Crippen LogP contribution in [0.4, 0.5) is 10.1 Å². The van der Waals surface area contributed by atoms with Gasteiger partial charge in [-0.05, 0) is 122 Å². The molecule has 4 heterocycles. The van der Waals surface area contributed by atoms with E-state index in [-0.39, 0.29) is 30.5 Å². The van der Waals surface area contributed by atoms with Crippen molar-refractivity contribution in [2.24, 2.45) is 21.6 Å². The Bertz CT molecular complexity index is 1710. The number of aliphatic hydroxyl groups is 1. The first-order chi connectivity index (χ1) is 33.5. The van der Waals surface area contributed by atoms with E-state index >= 15 is 4.39 Å². The van der Waals surface area contributed by atoms with E-state index in [0.29, 0.717) is 54.0 Å². The first kappa shape index (κ1) is 62.7. The summed E-state index contributed by atoms with van der Waals surface area (Å²) >= 11 is 0. The smallest absolute Gasteiger partial charge is 0.278 e. The number of hydrogen-bond donors (Lipinski definition) is 6. The van der Waals surface area contributed by atoms with Crippen molar-refractivity contribution in [3.63, 3.8) is 0 Å². The molecule has 0 bridgehead atoms. The molecule has 1 saturated carbocycles. The molecule has 392 valence electrons. The number of anilines is 1. The Kier molecular flexibility index (Phi) is 33.2. The van der Waals surface area contributed by atoms with Crippen LogP contribution in [-0.2, 0) is 21.0 Å². The summed E-state index contributed by atoms with van der Waals surface area (Å²) < 4.78 is 15.2. The lowest BCUT2D eigenvalue weighted by Gasteiger charge is -2.52. The van der Waals surface area contributed by atoms with Crippen molar-refractivity contribution in [3.8, 4) is 0 Å². The highest BCUT2D eigenvalue weighted by Gasteiger charge is 2.39. The van der Waals surface area contributed by atoms with Gasteiger partial charge in [-0.2, -0.15) is 0 Å². The molecule has 1 aromatic rings. The molecule has 1 unspecified atom stereocenters. The second-order valence-corrected chi connectivity index (χ2v) is 17.6. The number of likely N-dealkylation sites (N-methyl/N-ethyl adjacent to an activating group) is 1. The van der Waals surface area contributed by atoms with E-state index in [9.17, 15) is 14.4 Å². The maximum atomic E-state index is 15.2. The fraction of sp³-hybridized carbons (Fsp3) is 0.673. The Morgan fingerprint density at radius 1 is 0.971 bits per heavy atom. The topological polar surface area (TPSA) is 209 Å². The average Bonchev–Trinajstić information content (AvgIpc) is 3.85. The third-order valence-corrected chi connectivity index (χ3v) is 12.9. The largest absolute Gasteiger partial charge is 0.393 e. The number of aliphatic hydroxyl groups excluding tert-OH is 1. The Labute approximate surface area is 413 Å². The van der Waals surface area contributed by atoms with Crippen LogP contribution in [0.2, 0.25) is 0 Å². The second kappa shape index (κ2) is 36.6. The van der Waals surface area contributed by atoms with Crippen LogP contribution in [0.25, 0.3) is 0 Å². The van der Waals surface area contributed by atoms with Crippen LogP contribution in [0, 0.1) is 11.7 Å². The molecule has 0 radical (unpaired) electrons. The highest BCUT2D eigenvalue weighted by molar-refractivity contribution is 6.05. The number of fused-ring (bicyclic) bond motifs is 1. The predicted octanol–water partition coefficient (Wildman–Crippen LogP) is 7.98. The Balaban J connectivity index is 0.000000640. The number of hydroxylamine groups is 2. The molecule has 3 saturated heterocycles. The van der Waals surface area contributed by atoms with Crippen LogP contribution in [0.1, 0.15) is 147 Å². The number of likely N-dealkylation sites (tertiary alicyclic amines) is 2. The van der Waals surface area contributed by atoms with Gasteiger partial charge in [-0.15, -0.1) is 6.58 Å². The number of hydrogen-bond acceptors (Lipinski definition) is 13. The first-order valence-corrected chi connectivity index (χ1v) is 25.4. The molecular weight excluding hydrogens is 882 g/mol. The van der Waals surface area contributed by atoms with Crippen molar-refractivity contribution in [1.82, 2.24) is 25.5 Å². The van der Waals surface area contributed by atoms with Crippen LogP contribution < -0.4 is 21.3 Å². The fourth-order valence-electron chi connectivity index (χ4n) is 9.13. The summed E-state index contributed by atoms with van der Waals surface area (Å²) in [6, 6.07) is 3.78. The minimum absolute atomic E-state index is 0.0463. The number of nitrogens with zero attached hydrogens (tertiary/aromatic N) is 6. The number of benzene rings is 1. The van der Waals surface area contributed by atoms with Crippen molar-refractivity contribution >= 4 is 36.5 Å². The lowest BCUT2D eigenvalue weighted by molar-refractivity contribution is -0.176. The van der Waals surface area contributed by atoms with Gasteiger partial charge in [0.05, 0.1) is 17.8 Å². The molecule has 3 amide bonds. The van der Waals surface area contributed by atoms with Crippen LogP contribution in [0.5, 0.6) is 0 Å². The summed E-state index contributed by atoms with van der Waals surface area (Å²) in [6.45, 7) is 26.0. The third-order valence-electron chi connectivity index (χ3n) is 12.9. The number of piperidine rings is 2. The molecule has 4 fully saturated rings. The molecule has 1 aliphatic carbocycles. The fourth-order valence-corrected chi connectivity index (χ4v) is 9.13. The lowest BCUT2D eigenvalue weighted by atomic mass is 9.93. The van der Waals surface area contributed by atoms with Gasteiger partial charge in [0.2, 0.25) is 12.3 Å². The van der Waals surface area contributed by atoms with E-state index in [0.717, 1.165) is 94.1 Å². The van der Waals surface area contributed by atoms with Crippen molar-refractivity contribution in [3.05, 3.63) is 65.7 Å². The van der Waals surface area contributed by atoms with Crippen molar-refractivity contribution < 1.29 is 39.2 Å². The summed E-state index contributed by atoms with van der Waals surface area (Å²) in [5.41, 5.74) is 6.65. The normalized spacial score (nSPS) is 18.8. The standard InChI is InChI=1S/C29H42FN5O3.C15H25N3O.C5H10O.C2H6.CH5N.H2O2/c1-4-5-6-26(28(36)31-3)35-29(37)24-16-27(25(30)15-21(24)19-38-35)33-13-9-22(10-14-33)34-17-23(18-34)32-11-7-20(2)8-12-32;1-5-8-13(11-16-4)15(17-12-19)18-14(9-6-2)10-7-3;6-5-3-1-2-4-5;3*1-2/h4,15-16,20,22-23,26H,1,5-14,17-19H2,2-3H3,(H,31,36);5,8,11-12,14H,4,6-7,9-10H2,1-3H3,(H,17,18,19);5-6H,1-4H2;1-2H3;2H2,1H3;1-2H/b;8-5-,13-11-;;;;. The molecule has 0 aromatic heterocycles. The summed E-state index contributed by atoms with van der Waals surface area (Å²) in [4.78, 5) is 58.0. The molecule has 6 rings (SSSR count). The minimum atomic E-state index is -0.767. The predicted molar refractivity (Wildman–Crippen MR) is 279 cm³/mol. The van der Waals surface area contributed by atoms with Gasteiger partial charge in [0.15, 0.2) is 0 Å². The van der Waals surface area contributed by atoms with Gasteiger partial charge in [-0.3, -0.25) is 49.5 Å². The summed E-state index contributed by atoms with van der Waals surface area (Å²) in [5.74, 6) is 0.392. The maximum Gasteiger partial charge on any atom is 0.278 e. The molecule has 1 atom stereocenters. The van der Waals surface area contributed by atoms with Crippen molar-refractivity contribution in [2.75, 3.05) is 58.3 Å². The van der Waals surface area contributed by atoms with Crippen LogP contribution in [0.15, 0.2) is 58.7 Å². The summed E-state index contributed by atoms with van der Waals surface area (Å²) in [5, 5.41) is 27.2. The zero-order valence-corrected chi connectivity index (χ0v) is 43.4. The number of carbonyl (C=O) groups is 3. The molecule has 16 nitrogen and oxygen atoms in total. The molecule has 1 aromatic carbocycles. The van der Waals surface area contributed by atoms with E-state index in [1.165, 1.54) is 58.9 Å². The van der Waals surface area contributed by atoms with Gasteiger partial charge >= 0.3 is 0 Å². The minimum Gasteiger partial charge on any atom is -0.393 e. The number of aliphatic imine (C=N–C) groups is 2. The van der Waals surface area contributed by atoms with Gasteiger partial charge in [0.1, 0.15) is 24.3 Å². The first-order valence-electron chi connectivity index (χ1n) is 25.4. The zero-order valence-electron chi connectivity index (χ0n) is 43.4. The highest BCUT2D eigenvalue weighted by atomic mass is 19.1. The monoisotopic (exact) mass is 972 g/mol. The Morgan fingerprint density at radius 3 is 2.07 bits per heavy atom. The third kappa shape index (κ3) is 20.5. The Morgan fingerprint density at radius 2 is 1.58 bits per heavy atom. The molecular formula is C52H90FN9O7. The van der Waals surface area contributed by atoms with E-state index in [1.807, 2.05) is 32.9 Å². The van der Waals surface area contributed by atoms with Crippen molar-refractivity contribution in [1.29, 1.82) is 0 Å². The van der Waals surface area contributed by atoms with Gasteiger partial charge in [-0.1, -0.05) is 78.5 Å². The van der Waals surface area contributed by atoms with Gasteiger partial charge in [0.25, 0.3) is 5.91 Å². The average molecular weight is 972 g/mol. The van der Waals surface area contributed by atoms with E-state index in [2.05, 4.69) is 75.1 Å². The number of halogens is 1. The lowest BCUT2D eigenvalue weighted by Crippen LogP contribution is -2.64. The number of rotatable bonds is 17. The van der Waals surface area contributed by atoms with Crippen LogP contribution in [-0.4, -0.2) is 145 Å². The number of amidine groups is 1. The number of nitrogens with one attached hydrogen (secondary N) is 2. The quantitative estimate of drug-likeness (QED) is 0.0168. The van der Waals surface area contributed by atoms with Gasteiger partial charge in [0, 0.05) is 62.6 Å². The van der Waals surface area contributed by atoms with E-state index in [1.54, 1.807) is 18.3 Å². The molecule has 0 spiro atoms. The summed E-state index contributed by atoms with van der Waals surface area (Å²) in [6.07, 6.45) is 22.1.